The minimum Gasteiger partial charge on any atom is -0.325 e. The lowest BCUT2D eigenvalue weighted by atomic mass is 9.97. The molecule has 0 saturated carbocycles. The van der Waals surface area contributed by atoms with E-state index in [0.717, 1.165) is 12.1 Å². The van der Waals surface area contributed by atoms with Gasteiger partial charge in [0.15, 0.2) is 0 Å². The first kappa shape index (κ1) is 21.0. The zero-order chi connectivity index (χ0) is 21.2. The fraction of sp³-hybridized carbons (Fsp3) is 0.389. The Morgan fingerprint density at radius 3 is 2.52 bits per heavy atom. The van der Waals surface area contributed by atoms with E-state index in [1.54, 1.807) is 0 Å². The van der Waals surface area contributed by atoms with Gasteiger partial charge in [0.05, 0.1) is 23.0 Å². The molecule has 0 atom stereocenters. The third-order valence-electron chi connectivity index (χ3n) is 4.89. The summed E-state index contributed by atoms with van der Waals surface area (Å²) in [6, 6.07) is 3.81. The Kier molecular flexibility index (Phi) is 5.78. The molecule has 1 N–H and O–H groups in total. The van der Waals surface area contributed by atoms with Gasteiger partial charge < -0.3 is 10.2 Å². The quantitative estimate of drug-likeness (QED) is 0.807. The van der Waals surface area contributed by atoms with Crippen LogP contribution in [0.25, 0.3) is 0 Å². The molecule has 0 bridgehead atoms. The van der Waals surface area contributed by atoms with Gasteiger partial charge in [-0.25, -0.2) is 17.6 Å². The molecule has 1 fully saturated rings. The predicted molar refractivity (Wildman–Crippen MR) is 98.6 cm³/mol. The summed E-state index contributed by atoms with van der Waals surface area (Å²) in [6.07, 6.45) is 2.32. The molecule has 0 aliphatic carbocycles. The maximum atomic E-state index is 14.9. The van der Waals surface area contributed by atoms with E-state index in [4.69, 9.17) is 0 Å². The largest absolute Gasteiger partial charge is 0.352 e. The number of likely N-dealkylation sites (tertiary alicyclic amines) is 1. The van der Waals surface area contributed by atoms with Crippen molar-refractivity contribution in [1.82, 2.24) is 15.1 Å². The van der Waals surface area contributed by atoms with Crippen LogP contribution in [0.2, 0.25) is 0 Å². The van der Waals surface area contributed by atoms with Gasteiger partial charge in [-0.3, -0.25) is 0 Å². The molecule has 1 aromatic heterocycles. The first-order chi connectivity index (χ1) is 13.6. The number of carbonyl (C=O) groups is 1. The second-order valence-electron chi connectivity index (χ2n) is 6.80. The number of amides is 2. The van der Waals surface area contributed by atoms with Crippen LogP contribution in [0.1, 0.15) is 18.4 Å². The maximum Gasteiger partial charge on any atom is 0.352 e. The van der Waals surface area contributed by atoms with Crippen molar-refractivity contribution in [1.29, 1.82) is 0 Å². The molecule has 29 heavy (non-hydrogen) atoms. The number of hydrogen-bond acceptors (Lipinski definition) is 5. The number of nitrogens with zero attached hydrogens (tertiary/aromatic N) is 3. The van der Waals surface area contributed by atoms with E-state index in [1.165, 1.54) is 30.3 Å². The zero-order valence-corrected chi connectivity index (χ0v) is 16.3. The van der Waals surface area contributed by atoms with Crippen molar-refractivity contribution < 1.29 is 26.4 Å². The Labute approximate surface area is 165 Å². The third-order valence-corrected chi connectivity index (χ3v) is 6.96. The number of sulfone groups is 1. The van der Waals surface area contributed by atoms with E-state index in [9.17, 15) is 26.4 Å². The Balaban J connectivity index is 1.70. The average molecular weight is 428 g/mol. The van der Waals surface area contributed by atoms with Crippen molar-refractivity contribution >= 4 is 21.6 Å². The Bertz CT molecular complexity index is 995. The molecular weight excluding hydrogens is 409 g/mol. The monoisotopic (exact) mass is 428 g/mol. The number of carbonyl (C=O) groups excluding carboxylic acids is 1. The first-order valence-electron chi connectivity index (χ1n) is 8.84. The molecular formula is C18H19F3N4O3S. The number of piperidine rings is 1. The normalized spacial score (nSPS) is 15.9. The number of urea groups is 1. The van der Waals surface area contributed by atoms with E-state index < -0.39 is 37.8 Å². The standard InChI is InChI=1S/C18H19F3N4O3S/c1-12-2-3-14(19)10-16(12)29(27,28)18(20,21)13-5-8-25(9-6-13)17(26)24-15-4-7-22-23-11-15/h2-4,7,10-11,13H,5-6,8-9H2,1H3,(H,22,24,26). The average Bonchev–Trinajstić information content (AvgIpc) is 2.70. The Hall–Kier alpha value is -2.69. The number of halogens is 3. The van der Waals surface area contributed by atoms with Crippen molar-refractivity contribution in [3.05, 3.63) is 48.0 Å². The smallest absolute Gasteiger partial charge is 0.325 e. The van der Waals surface area contributed by atoms with E-state index in [-0.39, 0.29) is 31.5 Å². The number of nitrogens with one attached hydrogen (secondary N) is 1. The summed E-state index contributed by atoms with van der Waals surface area (Å²) in [7, 11) is -5.09. The molecule has 0 spiro atoms. The summed E-state index contributed by atoms with van der Waals surface area (Å²) in [6.45, 7) is 1.26. The van der Waals surface area contributed by atoms with Crippen LogP contribution in [0.4, 0.5) is 23.7 Å². The molecule has 3 rings (SSSR count). The van der Waals surface area contributed by atoms with Gasteiger partial charge in [-0.2, -0.15) is 19.0 Å². The van der Waals surface area contributed by atoms with Crippen LogP contribution in [0, 0.1) is 18.7 Å². The second kappa shape index (κ2) is 7.97. The Morgan fingerprint density at radius 1 is 1.21 bits per heavy atom. The van der Waals surface area contributed by atoms with E-state index in [2.05, 4.69) is 15.5 Å². The zero-order valence-electron chi connectivity index (χ0n) is 15.5. The predicted octanol–water partition coefficient (Wildman–Crippen LogP) is 3.23. The van der Waals surface area contributed by atoms with Gasteiger partial charge in [-0.1, -0.05) is 6.07 Å². The molecule has 11 heteroatoms. The van der Waals surface area contributed by atoms with E-state index in [1.807, 2.05) is 0 Å². The molecule has 0 radical (unpaired) electrons. The number of aryl methyl sites for hydroxylation is 1. The molecule has 0 unspecified atom stereocenters. The topological polar surface area (TPSA) is 92.3 Å². The molecule has 1 aliphatic rings. The molecule has 2 heterocycles. The number of anilines is 1. The molecule has 1 aliphatic heterocycles. The van der Waals surface area contributed by atoms with Gasteiger partial charge in [0.25, 0.3) is 0 Å². The minimum absolute atomic E-state index is 0.0394. The molecule has 2 amide bonds. The van der Waals surface area contributed by atoms with Gasteiger partial charge in [0, 0.05) is 19.0 Å². The summed E-state index contributed by atoms with van der Waals surface area (Å²) >= 11 is 0. The van der Waals surface area contributed by atoms with Crippen molar-refractivity contribution in [2.75, 3.05) is 18.4 Å². The highest BCUT2D eigenvalue weighted by molar-refractivity contribution is 7.92. The van der Waals surface area contributed by atoms with Crippen LogP contribution in [-0.2, 0) is 9.84 Å². The second-order valence-corrected chi connectivity index (χ2v) is 8.79. The number of benzene rings is 1. The highest BCUT2D eigenvalue weighted by atomic mass is 32.2. The lowest BCUT2D eigenvalue weighted by Gasteiger charge is -2.35. The summed E-state index contributed by atoms with van der Waals surface area (Å²) in [4.78, 5) is 12.9. The van der Waals surface area contributed by atoms with Gasteiger partial charge in [-0.15, -0.1) is 0 Å². The van der Waals surface area contributed by atoms with Gasteiger partial charge in [0.1, 0.15) is 5.82 Å². The fourth-order valence-corrected chi connectivity index (χ4v) is 4.94. The van der Waals surface area contributed by atoms with Crippen molar-refractivity contribution in [2.45, 2.75) is 29.9 Å². The SMILES string of the molecule is Cc1ccc(F)cc1S(=O)(=O)C(F)(F)C1CCN(C(=O)Nc2ccnnc2)CC1. The molecule has 2 aromatic rings. The lowest BCUT2D eigenvalue weighted by molar-refractivity contribution is 0.000383. The summed E-state index contributed by atoms with van der Waals surface area (Å²) in [5.41, 5.74) is 0.454. The summed E-state index contributed by atoms with van der Waals surface area (Å²) in [5.74, 6) is -2.39. The fourth-order valence-electron chi connectivity index (χ4n) is 3.22. The Morgan fingerprint density at radius 2 is 1.90 bits per heavy atom. The van der Waals surface area contributed by atoms with Crippen LogP contribution in [0.15, 0.2) is 41.6 Å². The van der Waals surface area contributed by atoms with E-state index in [0.29, 0.717) is 11.8 Å². The summed E-state index contributed by atoms with van der Waals surface area (Å²) < 4.78 is 68.4. The lowest BCUT2D eigenvalue weighted by Crippen LogP contribution is -2.47. The molecule has 156 valence electrons. The number of hydrogen-bond donors (Lipinski definition) is 1. The van der Waals surface area contributed by atoms with Crippen molar-refractivity contribution in [3.63, 3.8) is 0 Å². The van der Waals surface area contributed by atoms with Crippen LogP contribution >= 0.6 is 0 Å². The van der Waals surface area contributed by atoms with Crippen LogP contribution in [0.3, 0.4) is 0 Å². The minimum atomic E-state index is -5.09. The third kappa shape index (κ3) is 4.19. The van der Waals surface area contributed by atoms with Gasteiger partial charge in [0.2, 0.25) is 9.84 Å². The molecule has 1 aromatic carbocycles. The highest BCUT2D eigenvalue weighted by Gasteiger charge is 2.53. The molecule has 7 nitrogen and oxygen atoms in total. The van der Waals surface area contributed by atoms with Crippen molar-refractivity contribution in [3.8, 4) is 0 Å². The summed E-state index contributed by atoms with van der Waals surface area (Å²) in [5, 5.41) is 5.70. The first-order valence-corrected chi connectivity index (χ1v) is 10.3. The van der Waals surface area contributed by atoms with Crippen LogP contribution < -0.4 is 5.32 Å². The van der Waals surface area contributed by atoms with Gasteiger partial charge in [-0.05, 0) is 43.5 Å². The highest BCUT2D eigenvalue weighted by Crippen LogP contribution is 2.41. The number of alkyl halides is 2. The number of aromatic nitrogens is 2. The number of rotatable bonds is 4. The molecule has 1 saturated heterocycles. The van der Waals surface area contributed by atoms with Crippen LogP contribution in [0.5, 0.6) is 0 Å². The van der Waals surface area contributed by atoms with E-state index >= 15 is 0 Å². The van der Waals surface area contributed by atoms with Crippen molar-refractivity contribution in [2.24, 2.45) is 5.92 Å². The van der Waals surface area contributed by atoms with Crippen LogP contribution in [-0.4, -0.2) is 47.9 Å². The maximum absolute atomic E-state index is 14.9. The van der Waals surface area contributed by atoms with Gasteiger partial charge >= 0.3 is 11.3 Å².